The molecule has 6 atom stereocenters. The Labute approximate surface area is 266 Å². The van der Waals surface area contributed by atoms with Crippen LogP contribution in [-0.4, -0.2) is 107 Å². The van der Waals surface area contributed by atoms with Gasteiger partial charge in [-0.25, -0.2) is 0 Å². The number of nitrogens with zero attached hydrogens (tertiary/aromatic N) is 2. The molecule has 3 aliphatic rings. The first kappa shape index (κ1) is 33.1. The molecule has 2 aromatic rings. The van der Waals surface area contributed by atoms with Gasteiger partial charge in [0.15, 0.2) is 34.7 Å². The minimum Gasteiger partial charge on any atom is -0.507 e. The summed E-state index contributed by atoms with van der Waals surface area (Å²) in [4.78, 5) is 83.7. The molecule has 0 aromatic heterocycles. The molecule has 5 rings (SSSR count). The highest BCUT2D eigenvalue weighted by Crippen LogP contribution is 2.51. The van der Waals surface area contributed by atoms with Gasteiger partial charge in [-0.05, 0) is 80.8 Å². The normalized spacial score (nSPS) is 27.3. The monoisotopic (exact) mass is 632 g/mol. The first-order valence-corrected chi connectivity index (χ1v) is 15.6. The van der Waals surface area contributed by atoms with E-state index in [9.17, 15) is 39.0 Å². The molecular formula is C34H40N4O8. The summed E-state index contributed by atoms with van der Waals surface area (Å²) in [5.41, 5.74) is 4.58. The maximum atomic E-state index is 14.0. The van der Waals surface area contributed by atoms with E-state index in [-0.39, 0.29) is 30.1 Å². The molecule has 2 aromatic carbocycles. The Morgan fingerprint density at radius 2 is 1.74 bits per heavy atom. The number of fused-ring (bicyclic) bond motifs is 3. The molecule has 0 heterocycles. The SMILES string of the molecule is CCN(CC)CCNC(=O)c1cccc(-c2ccc(O)c3c2C[C@H]2C[C@H]4C(N(C)C)C(=O)C(C(N)=O)C(=O)[C@@]4(O)C(=O)C2C3=O)c1. The van der Waals surface area contributed by atoms with Crippen molar-refractivity contribution in [3.05, 3.63) is 53.1 Å². The van der Waals surface area contributed by atoms with Crippen LogP contribution >= 0.6 is 0 Å². The van der Waals surface area contributed by atoms with Gasteiger partial charge >= 0.3 is 0 Å². The lowest BCUT2D eigenvalue weighted by Crippen LogP contribution is -2.74. The van der Waals surface area contributed by atoms with Gasteiger partial charge in [0.2, 0.25) is 5.91 Å². The van der Waals surface area contributed by atoms with E-state index >= 15 is 0 Å². The topological polar surface area (TPSA) is 187 Å². The summed E-state index contributed by atoms with van der Waals surface area (Å²) in [6.45, 7) is 7.03. The third-order valence-corrected chi connectivity index (χ3v) is 9.99. The van der Waals surface area contributed by atoms with Gasteiger partial charge in [-0.15, -0.1) is 0 Å². The number of benzene rings is 2. The van der Waals surface area contributed by atoms with Crippen LogP contribution in [0.1, 0.15) is 46.5 Å². The number of amides is 2. The Morgan fingerprint density at radius 1 is 1.04 bits per heavy atom. The highest BCUT2D eigenvalue weighted by molar-refractivity contribution is 6.32. The van der Waals surface area contributed by atoms with Gasteiger partial charge in [0.1, 0.15) is 5.75 Å². The van der Waals surface area contributed by atoms with E-state index < -0.39 is 64.4 Å². The number of rotatable bonds is 9. The Balaban J connectivity index is 1.52. The number of likely N-dealkylation sites (N-methyl/N-ethyl adjacent to an activating group) is 2. The Morgan fingerprint density at radius 3 is 2.37 bits per heavy atom. The molecule has 2 amide bonds. The summed E-state index contributed by atoms with van der Waals surface area (Å²) in [6.07, 6.45) is 0.0733. The van der Waals surface area contributed by atoms with Crippen LogP contribution in [-0.2, 0) is 25.6 Å². The van der Waals surface area contributed by atoms with E-state index in [0.717, 1.165) is 13.1 Å². The highest BCUT2D eigenvalue weighted by atomic mass is 16.3. The Hall–Kier alpha value is -4.26. The van der Waals surface area contributed by atoms with E-state index in [1.165, 1.54) is 25.1 Å². The van der Waals surface area contributed by atoms with Crippen molar-refractivity contribution in [2.45, 2.75) is 38.3 Å². The number of hydrogen-bond donors (Lipinski definition) is 4. The number of aromatic hydroxyl groups is 1. The molecule has 3 aliphatic carbocycles. The number of ketones is 4. The van der Waals surface area contributed by atoms with Crippen molar-refractivity contribution < 1.29 is 39.0 Å². The number of Topliss-reactive ketones (excluding diaryl/α,β-unsaturated/α-hetero) is 4. The fourth-order valence-electron chi connectivity index (χ4n) is 7.67. The summed E-state index contributed by atoms with van der Waals surface area (Å²) < 4.78 is 0. The van der Waals surface area contributed by atoms with E-state index in [2.05, 4.69) is 24.1 Å². The van der Waals surface area contributed by atoms with Crippen LogP contribution in [0.3, 0.4) is 0 Å². The van der Waals surface area contributed by atoms with E-state index in [0.29, 0.717) is 35.3 Å². The van der Waals surface area contributed by atoms with Crippen LogP contribution in [0.4, 0.5) is 0 Å². The number of primary amides is 1. The predicted octanol–water partition coefficient (Wildman–Crippen LogP) is 0.606. The molecule has 2 saturated carbocycles. The second kappa shape index (κ2) is 12.5. The van der Waals surface area contributed by atoms with Crippen molar-refractivity contribution in [3.63, 3.8) is 0 Å². The molecule has 3 unspecified atom stereocenters. The molecule has 5 N–H and O–H groups in total. The van der Waals surface area contributed by atoms with Crippen molar-refractivity contribution in [1.82, 2.24) is 15.1 Å². The lowest BCUT2D eigenvalue weighted by atomic mass is 9.52. The molecule has 0 saturated heterocycles. The zero-order chi connectivity index (χ0) is 33.7. The third-order valence-electron chi connectivity index (χ3n) is 9.99. The number of hydrogen-bond acceptors (Lipinski definition) is 10. The van der Waals surface area contributed by atoms with Crippen LogP contribution in [0, 0.1) is 23.7 Å². The lowest BCUT2D eigenvalue weighted by Gasteiger charge is -2.52. The standard InChI is InChI=1S/C34H40N4O8/c1-5-38(6-2)13-12-36-33(45)18-9-7-8-17(14-18)20-10-11-23(39)25-21(20)15-19-16-22-27(37(3)4)29(41)26(32(35)44)31(43)34(22,46)30(42)24(19)28(25)40/h7-11,14,19,22,24,26-27,39,46H,5-6,12-13,15-16H2,1-4H3,(H2,35,44)(H,36,45)/t19-,22-,24?,26?,27?,34-/m0/s1. The largest absolute Gasteiger partial charge is 0.507 e. The van der Waals surface area contributed by atoms with Crippen LogP contribution < -0.4 is 11.1 Å². The van der Waals surface area contributed by atoms with Gasteiger partial charge in [0.25, 0.3) is 5.91 Å². The number of carbonyl (C=O) groups is 6. The third kappa shape index (κ3) is 5.23. The predicted molar refractivity (Wildman–Crippen MR) is 167 cm³/mol. The number of phenols is 1. The maximum absolute atomic E-state index is 14.0. The van der Waals surface area contributed by atoms with Gasteiger partial charge in [-0.3, -0.25) is 33.7 Å². The van der Waals surface area contributed by atoms with Crippen LogP contribution in [0.25, 0.3) is 11.1 Å². The molecule has 2 fully saturated rings. The fourth-order valence-corrected chi connectivity index (χ4v) is 7.67. The van der Waals surface area contributed by atoms with Gasteiger partial charge < -0.3 is 26.2 Å². The van der Waals surface area contributed by atoms with Crippen molar-refractivity contribution in [2.24, 2.45) is 29.4 Å². The summed E-state index contributed by atoms with van der Waals surface area (Å²) in [6, 6.07) is 8.69. The minimum absolute atomic E-state index is 0.0476. The Kier molecular flexibility index (Phi) is 9.00. The molecule has 12 heteroatoms. The van der Waals surface area contributed by atoms with Crippen molar-refractivity contribution in [2.75, 3.05) is 40.3 Å². The van der Waals surface area contributed by atoms with E-state index in [1.54, 1.807) is 30.3 Å². The van der Waals surface area contributed by atoms with E-state index in [4.69, 9.17) is 5.73 Å². The van der Waals surface area contributed by atoms with Gasteiger partial charge in [-0.2, -0.15) is 0 Å². The molecule has 0 radical (unpaired) electrons. The van der Waals surface area contributed by atoms with Crippen LogP contribution in [0.15, 0.2) is 36.4 Å². The second-order valence-electron chi connectivity index (χ2n) is 12.6. The first-order chi connectivity index (χ1) is 21.8. The molecule has 244 valence electrons. The minimum atomic E-state index is -2.78. The Bertz CT molecular complexity index is 1630. The summed E-state index contributed by atoms with van der Waals surface area (Å²) in [5, 5.41) is 25.6. The van der Waals surface area contributed by atoms with Gasteiger partial charge in [-0.1, -0.05) is 32.0 Å². The van der Waals surface area contributed by atoms with Crippen molar-refractivity contribution in [3.8, 4) is 16.9 Å². The van der Waals surface area contributed by atoms with Crippen molar-refractivity contribution in [1.29, 1.82) is 0 Å². The molecule has 0 aliphatic heterocycles. The second-order valence-corrected chi connectivity index (χ2v) is 12.6. The number of nitrogens with one attached hydrogen (secondary N) is 1. The highest BCUT2D eigenvalue weighted by Gasteiger charge is 2.69. The maximum Gasteiger partial charge on any atom is 0.251 e. The van der Waals surface area contributed by atoms with Gasteiger partial charge in [0, 0.05) is 24.6 Å². The van der Waals surface area contributed by atoms with Crippen molar-refractivity contribution >= 4 is 34.9 Å². The molecule has 0 bridgehead atoms. The average molecular weight is 633 g/mol. The zero-order valence-corrected chi connectivity index (χ0v) is 26.4. The molecule has 0 spiro atoms. The quantitative estimate of drug-likeness (QED) is 0.285. The molecule has 46 heavy (non-hydrogen) atoms. The van der Waals surface area contributed by atoms with Gasteiger partial charge in [0.05, 0.1) is 17.5 Å². The molecular weight excluding hydrogens is 592 g/mol. The summed E-state index contributed by atoms with van der Waals surface area (Å²) >= 11 is 0. The molecule has 12 nitrogen and oxygen atoms in total. The summed E-state index contributed by atoms with van der Waals surface area (Å²) in [7, 11) is 3.08. The number of phenolic OH excluding ortho intramolecular Hbond substituents is 1. The first-order valence-electron chi connectivity index (χ1n) is 15.6. The number of carbonyl (C=O) groups excluding carboxylic acids is 6. The number of nitrogens with two attached hydrogens (primary N) is 1. The lowest BCUT2D eigenvalue weighted by molar-refractivity contribution is -0.181. The summed E-state index contributed by atoms with van der Waals surface area (Å²) in [5.74, 6) is -11.3. The van der Waals surface area contributed by atoms with Crippen LogP contribution in [0.5, 0.6) is 5.75 Å². The average Bonchev–Trinajstić information content (AvgIpc) is 3.01. The van der Waals surface area contributed by atoms with Crippen LogP contribution in [0.2, 0.25) is 0 Å². The fraction of sp³-hybridized carbons (Fsp3) is 0.471. The smallest absolute Gasteiger partial charge is 0.251 e. The van der Waals surface area contributed by atoms with E-state index in [1.807, 2.05) is 0 Å². The zero-order valence-electron chi connectivity index (χ0n) is 26.4. The number of aliphatic hydroxyl groups is 1.